The van der Waals surface area contributed by atoms with E-state index in [4.69, 9.17) is 0 Å². The second-order valence-corrected chi connectivity index (χ2v) is 6.03. The van der Waals surface area contributed by atoms with Crippen molar-refractivity contribution in [1.29, 1.82) is 0 Å². The number of benzene rings is 1. The van der Waals surface area contributed by atoms with Crippen LogP contribution in [0.4, 0.5) is 11.4 Å². The van der Waals surface area contributed by atoms with Crippen molar-refractivity contribution >= 4 is 29.0 Å². The number of nitro benzene ring substituents is 1. The van der Waals surface area contributed by atoms with Crippen molar-refractivity contribution in [3.8, 4) is 0 Å². The molecule has 0 bridgehead atoms. The average molecular weight is 311 g/mol. The average Bonchev–Trinajstić information content (AvgIpc) is 2.38. The highest BCUT2D eigenvalue weighted by atomic mass is 32.2. The van der Waals surface area contributed by atoms with Gasteiger partial charge in [-0.3, -0.25) is 14.9 Å². The number of amides is 1. The van der Waals surface area contributed by atoms with E-state index in [2.05, 4.69) is 10.6 Å². The maximum Gasteiger partial charge on any atom is 0.293 e. The van der Waals surface area contributed by atoms with Gasteiger partial charge in [0.15, 0.2) is 0 Å². The van der Waals surface area contributed by atoms with Crippen molar-refractivity contribution in [3.05, 3.63) is 33.9 Å². The summed E-state index contributed by atoms with van der Waals surface area (Å²) in [4.78, 5) is 22.6. The fourth-order valence-corrected chi connectivity index (χ4v) is 2.43. The van der Waals surface area contributed by atoms with Crippen LogP contribution in [0.3, 0.4) is 0 Å². The quantitative estimate of drug-likeness (QED) is 0.597. The molecular weight excluding hydrogens is 290 g/mol. The van der Waals surface area contributed by atoms with E-state index in [0.29, 0.717) is 11.3 Å². The Morgan fingerprint density at radius 2 is 2.05 bits per heavy atom. The van der Waals surface area contributed by atoms with Crippen LogP contribution in [0.2, 0.25) is 0 Å². The van der Waals surface area contributed by atoms with Gasteiger partial charge in [0.2, 0.25) is 0 Å². The predicted molar refractivity (Wildman–Crippen MR) is 87.2 cm³/mol. The van der Waals surface area contributed by atoms with Crippen molar-refractivity contribution in [1.82, 2.24) is 5.32 Å². The van der Waals surface area contributed by atoms with E-state index in [-0.39, 0.29) is 23.7 Å². The van der Waals surface area contributed by atoms with E-state index in [1.807, 2.05) is 27.0 Å². The third kappa shape index (κ3) is 5.26. The van der Waals surface area contributed by atoms with Gasteiger partial charge in [-0.05, 0) is 39.2 Å². The van der Waals surface area contributed by atoms with Crippen LogP contribution in [0.25, 0.3) is 0 Å². The number of nitrogens with zero attached hydrogens (tertiary/aromatic N) is 1. The minimum Gasteiger partial charge on any atom is -0.376 e. The number of thioether (sulfide) groups is 1. The monoisotopic (exact) mass is 311 g/mol. The van der Waals surface area contributed by atoms with Gasteiger partial charge in [0.1, 0.15) is 5.69 Å². The molecule has 0 saturated carbocycles. The summed E-state index contributed by atoms with van der Waals surface area (Å²) in [6.45, 7) is 5.64. The van der Waals surface area contributed by atoms with Crippen LogP contribution in [0, 0.1) is 10.1 Å². The number of carbonyl (C=O) groups is 1. The Hall–Kier alpha value is -1.76. The second kappa shape index (κ2) is 7.87. The lowest BCUT2D eigenvalue weighted by Crippen LogP contribution is -2.30. The smallest absolute Gasteiger partial charge is 0.293 e. The van der Waals surface area contributed by atoms with Crippen LogP contribution in [0.5, 0.6) is 0 Å². The molecule has 0 aromatic heterocycles. The standard InChI is InChI=1S/C14H21N3O3S/c1-9(2)15-14(18)11-5-6-12(13(7-11)17(19)20)16-10(3)8-21-4/h5-7,9-10,16H,8H2,1-4H3,(H,15,18). The minimum absolute atomic E-state index is 0.0176. The molecule has 1 atom stereocenters. The number of nitrogens with one attached hydrogen (secondary N) is 2. The van der Waals surface area contributed by atoms with Gasteiger partial charge in [0, 0.05) is 29.5 Å². The van der Waals surface area contributed by atoms with Gasteiger partial charge in [-0.25, -0.2) is 0 Å². The van der Waals surface area contributed by atoms with E-state index in [1.165, 1.54) is 6.07 Å². The lowest BCUT2D eigenvalue weighted by Gasteiger charge is -2.15. The Balaban J connectivity index is 3.02. The Morgan fingerprint density at radius 1 is 1.38 bits per heavy atom. The number of hydrogen-bond donors (Lipinski definition) is 2. The maximum absolute atomic E-state index is 11.9. The number of nitro groups is 1. The molecular formula is C14H21N3O3S. The van der Waals surface area contributed by atoms with Crippen LogP contribution < -0.4 is 10.6 Å². The summed E-state index contributed by atoms with van der Waals surface area (Å²) < 4.78 is 0. The largest absolute Gasteiger partial charge is 0.376 e. The van der Waals surface area contributed by atoms with Crippen molar-refractivity contribution in [2.24, 2.45) is 0 Å². The van der Waals surface area contributed by atoms with Crippen molar-refractivity contribution in [2.45, 2.75) is 32.9 Å². The first kappa shape index (κ1) is 17.3. The van der Waals surface area contributed by atoms with Crippen molar-refractivity contribution in [3.63, 3.8) is 0 Å². The molecule has 0 aliphatic rings. The van der Waals surface area contributed by atoms with E-state index < -0.39 is 4.92 Å². The second-order valence-electron chi connectivity index (χ2n) is 5.12. The van der Waals surface area contributed by atoms with Crippen LogP contribution in [-0.4, -0.2) is 34.9 Å². The predicted octanol–water partition coefficient (Wildman–Crippen LogP) is 2.90. The zero-order valence-electron chi connectivity index (χ0n) is 12.7. The summed E-state index contributed by atoms with van der Waals surface area (Å²) in [5.74, 6) is 0.532. The Morgan fingerprint density at radius 3 is 2.57 bits per heavy atom. The lowest BCUT2D eigenvalue weighted by atomic mass is 10.1. The molecule has 1 aromatic carbocycles. The first-order chi connectivity index (χ1) is 9.85. The molecule has 0 spiro atoms. The van der Waals surface area contributed by atoms with Crippen molar-refractivity contribution < 1.29 is 9.72 Å². The van der Waals surface area contributed by atoms with E-state index >= 15 is 0 Å². The SMILES string of the molecule is CSCC(C)Nc1ccc(C(=O)NC(C)C)cc1[N+](=O)[O-]. The molecule has 1 unspecified atom stereocenters. The van der Waals surface area contributed by atoms with E-state index in [1.54, 1.807) is 23.9 Å². The highest BCUT2D eigenvalue weighted by Gasteiger charge is 2.19. The third-order valence-corrected chi connectivity index (χ3v) is 3.53. The van der Waals surface area contributed by atoms with Gasteiger partial charge in [-0.2, -0.15) is 11.8 Å². The molecule has 0 radical (unpaired) electrons. The number of carbonyl (C=O) groups excluding carboxylic acids is 1. The summed E-state index contributed by atoms with van der Waals surface area (Å²) in [5.41, 5.74) is 0.639. The number of rotatable bonds is 7. The maximum atomic E-state index is 11.9. The van der Waals surface area contributed by atoms with Crippen molar-refractivity contribution in [2.75, 3.05) is 17.3 Å². The van der Waals surface area contributed by atoms with Gasteiger partial charge in [0.25, 0.3) is 11.6 Å². The zero-order chi connectivity index (χ0) is 16.0. The third-order valence-electron chi connectivity index (χ3n) is 2.69. The molecule has 1 rings (SSSR count). The lowest BCUT2D eigenvalue weighted by molar-refractivity contribution is -0.384. The first-order valence-corrected chi connectivity index (χ1v) is 8.09. The van der Waals surface area contributed by atoms with Crippen LogP contribution in [0.1, 0.15) is 31.1 Å². The summed E-state index contributed by atoms with van der Waals surface area (Å²) in [7, 11) is 0. The molecule has 6 nitrogen and oxygen atoms in total. The Kier molecular flexibility index (Phi) is 6.48. The zero-order valence-corrected chi connectivity index (χ0v) is 13.5. The molecule has 2 N–H and O–H groups in total. The molecule has 0 aliphatic heterocycles. The molecule has 21 heavy (non-hydrogen) atoms. The minimum atomic E-state index is -0.472. The highest BCUT2D eigenvalue weighted by molar-refractivity contribution is 7.98. The summed E-state index contributed by atoms with van der Waals surface area (Å²) in [6.07, 6.45) is 1.98. The molecule has 116 valence electrons. The summed E-state index contributed by atoms with van der Waals surface area (Å²) in [6, 6.07) is 4.58. The van der Waals surface area contributed by atoms with Gasteiger partial charge in [-0.15, -0.1) is 0 Å². The highest BCUT2D eigenvalue weighted by Crippen LogP contribution is 2.26. The molecule has 0 aliphatic carbocycles. The molecule has 1 aromatic rings. The fourth-order valence-electron chi connectivity index (χ4n) is 1.85. The van der Waals surface area contributed by atoms with Crippen LogP contribution >= 0.6 is 11.8 Å². The normalized spacial score (nSPS) is 12.0. The van der Waals surface area contributed by atoms with Gasteiger partial charge in [0.05, 0.1) is 4.92 Å². The number of hydrogen-bond acceptors (Lipinski definition) is 5. The summed E-state index contributed by atoms with van der Waals surface area (Å²) >= 11 is 1.66. The van der Waals surface area contributed by atoms with Crippen LogP contribution in [0.15, 0.2) is 18.2 Å². The molecule has 0 fully saturated rings. The molecule has 1 amide bonds. The fraction of sp³-hybridized carbons (Fsp3) is 0.500. The van der Waals surface area contributed by atoms with E-state index in [9.17, 15) is 14.9 Å². The van der Waals surface area contributed by atoms with E-state index in [0.717, 1.165) is 5.75 Å². The summed E-state index contributed by atoms with van der Waals surface area (Å²) in [5, 5.41) is 17.0. The molecule has 7 heteroatoms. The van der Waals surface area contributed by atoms with Gasteiger partial charge in [-0.1, -0.05) is 0 Å². The number of anilines is 1. The Labute approximate surface area is 128 Å². The van der Waals surface area contributed by atoms with Gasteiger partial charge < -0.3 is 10.6 Å². The molecule has 0 heterocycles. The first-order valence-electron chi connectivity index (χ1n) is 6.70. The van der Waals surface area contributed by atoms with Crippen LogP contribution in [-0.2, 0) is 0 Å². The topological polar surface area (TPSA) is 84.3 Å². The Bertz CT molecular complexity index is 520. The van der Waals surface area contributed by atoms with Gasteiger partial charge >= 0.3 is 0 Å². The molecule has 0 saturated heterocycles.